The van der Waals surface area contributed by atoms with Crippen molar-refractivity contribution in [3.63, 3.8) is 0 Å². The highest BCUT2D eigenvalue weighted by Gasteiger charge is 2.24. The number of carbonyl (C=O) groups excluding carboxylic acids is 2. The molecule has 162 valence electrons. The molecule has 32 heavy (non-hydrogen) atoms. The highest BCUT2D eigenvalue weighted by molar-refractivity contribution is 8.02. The van der Waals surface area contributed by atoms with E-state index >= 15 is 0 Å². The van der Waals surface area contributed by atoms with Crippen molar-refractivity contribution in [2.75, 3.05) is 11.9 Å². The summed E-state index contributed by atoms with van der Waals surface area (Å²) in [5, 5.41) is 2.46. The van der Waals surface area contributed by atoms with Crippen molar-refractivity contribution < 1.29 is 14.3 Å². The number of benzene rings is 3. The van der Waals surface area contributed by atoms with Crippen LogP contribution in [0.1, 0.15) is 35.0 Å². The molecule has 0 spiro atoms. The third-order valence-corrected chi connectivity index (χ3v) is 7.11. The van der Waals surface area contributed by atoms with Gasteiger partial charge in [0.05, 0.1) is 16.8 Å². The molecule has 3 aromatic carbocycles. The first-order valence-electron chi connectivity index (χ1n) is 10.2. The van der Waals surface area contributed by atoms with Crippen LogP contribution in [0.25, 0.3) is 10.2 Å². The van der Waals surface area contributed by atoms with E-state index in [1.807, 2.05) is 55.5 Å². The van der Waals surface area contributed by atoms with Crippen molar-refractivity contribution in [1.29, 1.82) is 0 Å². The second-order valence-corrected chi connectivity index (χ2v) is 9.46. The lowest BCUT2D eigenvalue weighted by Gasteiger charge is -2.16. The van der Waals surface area contributed by atoms with E-state index in [1.54, 1.807) is 24.3 Å². The van der Waals surface area contributed by atoms with Gasteiger partial charge in [0.15, 0.2) is 10.1 Å². The first-order chi connectivity index (χ1) is 15.5. The van der Waals surface area contributed by atoms with Crippen molar-refractivity contribution in [2.45, 2.75) is 23.4 Å². The number of hydrogen-bond donors (Lipinski definition) is 1. The van der Waals surface area contributed by atoms with Gasteiger partial charge >= 0.3 is 0 Å². The number of Topliss-reactive ketones (excluding diaryl/α,β-unsaturated/α-hetero) is 1. The molecule has 0 saturated heterocycles. The number of thioether (sulfide) groups is 1. The zero-order valence-corrected chi connectivity index (χ0v) is 19.3. The molecule has 5 nitrogen and oxygen atoms in total. The number of amides is 1. The van der Waals surface area contributed by atoms with Crippen LogP contribution < -0.4 is 10.1 Å². The molecular weight excluding hydrogens is 440 g/mol. The maximum Gasteiger partial charge on any atom is 0.242 e. The molecule has 0 aliphatic carbocycles. The number of carbonyl (C=O) groups is 2. The summed E-state index contributed by atoms with van der Waals surface area (Å²) in [6, 6.07) is 22.4. The van der Waals surface area contributed by atoms with Crippen LogP contribution in [0.2, 0.25) is 0 Å². The van der Waals surface area contributed by atoms with Gasteiger partial charge in [-0.2, -0.15) is 0 Å². The van der Waals surface area contributed by atoms with Gasteiger partial charge in [0.25, 0.3) is 0 Å². The van der Waals surface area contributed by atoms with Gasteiger partial charge in [-0.1, -0.05) is 54.2 Å². The lowest BCUT2D eigenvalue weighted by atomic mass is 10.1. The number of hydrogen-bond acceptors (Lipinski definition) is 6. The number of nitrogens with zero attached hydrogens (tertiary/aromatic N) is 1. The number of thiazole rings is 1. The Morgan fingerprint density at radius 1 is 1.06 bits per heavy atom. The standard InChI is InChI=1S/C25H22N2O3S2/c1-3-30-20-12-13-21-22(15-20)31-25(27-21)32-23(17-8-5-4-6-9-17)24(29)26-19-11-7-10-18(14-19)16(2)28/h4-15,23H,3H2,1-2H3,(H,26,29)/t23-/m0/s1. The SMILES string of the molecule is CCOc1ccc2nc(S[C@H](C(=O)Nc3cccc(C(C)=O)c3)c3ccccc3)sc2c1. The summed E-state index contributed by atoms with van der Waals surface area (Å²) >= 11 is 2.95. The minimum Gasteiger partial charge on any atom is -0.494 e. The van der Waals surface area contributed by atoms with Crippen LogP contribution in [0, 0.1) is 0 Å². The summed E-state index contributed by atoms with van der Waals surface area (Å²) in [7, 11) is 0. The minimum atomic E-state index is -0.496. The Bertz CT molecular complexity index is 1250. The van der Waals surface area contributed by atoms with E-state index in [4.69, 9.17) is 9.72 Å². The average molecular weight is 463 g/mol. The Labute approximate surface area is 194 Å². The summed E-state index contributed by atoms with van der Waals surface area (Å²) in [5.41, 5.74) is 2.91. The molecule has 1 heterocycles. The van der Waals surface area contributed by atoms with Crippen LogP contribution in [-0.4, -0.2) is 23.3 Å². The molecule has 0 unspecified atom stereocenters. The van der Waals surface area contributed by atoms with Crippen LogP contribution in [0.5, 0.6) is 5.75 Å². The molecule has 1 N–H and O–H groups in total. The Hall–Kier alpha value is -3.16. The first-order valence-corrected chi connectivity index (χ1v) is 11.9. The smallest absolute Gasteiger partial charge is 0.242 e. The average Bonchev–Trinajstić information content (AvgIpc) is 3.20. The van der Waals surface area contributed by atoms with Crippen molar-refractivity contribution in [2.24, 2.45) is 0 Å². The topological polar surface area (TPSA) is 68.3 Å². The lowest BCUT2D eigenvalue weighted by Crippen LogP contribution is -2.19. The van der Waals surface area contributed by atoms with Gasteiger partial charge in [-0.3, -0.25) is 9.59 Å². The van der Waals surface area contributed by atoms with Gasteiger partial charge in [-0.15, -0.1) is 11.3 Å². The van der Waals surface area contributed by atoms with Crippen LogP contribution in [0.3, 0.4) is 0 Å². The Kier molecular flexibility index (Phi) is 6.87. The highest BCUT2D eigenvalue weighted by Crippen LogP contribution is 2.40. The number of rotatable bonds is 8. The predicted molar refractivity (Wildman–Crippen MR) is 131 cm³/mol. The molecule has 0 bridgehead atoms. The second-order valence-electron chi connectivity index (χ2n) is 7.08. The molecule has 0 aliphatic rings. The molecule has 0 radical (unpaired) electrons. The monoisotopic (exact) mass is 462 g/mol. The van der Waals surface area contributed by atoms with Gasteiger partial charge in [0.1, 0.15) is 11.0 Å². The van der Waals surface area contributed by atoms with E-state index in [0.717, 1.165) is 25.9 Å². The summed E-state index contributed by atoms with van der Waals surface area (Å²) in [5.74, 6) is 0.593. The van der Waals surface area contributed by atoms with E-state index in [0.29, 0.717) is 17.9 Å². The zero-order chi connectivity index (χ0) is 22.5. The van der Waals surface area contributed by atoms with Crippen molar-refractivity contribution in [3.8, 4) is 5.75 Å². The molecule has 0 aliphatic heterocycles. The van der Waals surface area contributed by atoms with Crippen LogP contribution in [0.4, 0.5) is 5.69 Å². The lowest BCUT2D eigenvalue weighted by molar-refractivity contribution is -0.115. The fourth-order valence-corrected chi connectivity index (χ4v) is 5.50. The van der Waals surface area contributed by atoms with Gasteiger partial charge < -0.3 is 10.1 Å². The second kappa shape index (κ2) is 9.97. The molecule has 4 rings (SSSR count). The van der Waals surface area contributed by atoms with Crippen LogP contribution in [-0.2, 0) is 4.79 Å². The van der Waals surface area contributed by atoms with E-state index in [1.165, 1.54) is 30.0 Å². The minimum absolute atomic E-state index is 0.0454. The summed E-state index contributed by atoms with van der Waals surface area (Å²) in [6.45, 7) is 4.06. The Morgan fingerprint density at radius 3 is 2.62 bits per heavy atom. The zero-order valence-electron chi connectivity index (χ0n) is 17.7. The van der Waals surface area contributed by atoms with Crippen LogP contribution in [0.15, 0.2) is 77.1 Å². The van der Waals surface area contributed by atoms with Gasteiger partial charge in [0.2, 0.25) is 5.91 Å². The quantitative estimate of drug-likeness (QED) is 0.243. The molecule has 0 fully saturated rings. The van der Waals surface area contributed by atoms with E-state index in [9.17, 15) is 9.59 Å². The number of aromatic nitrogens is 1. The van der Waals surface area contributed by atoms with Gasteiger partial charge in [0, 0.05) is 11.3 Å². The summed E-state index contributed by atoms with van der Waals surface area (Å²) in [6.07, 6.45) is 0. The number of nitrogens with one attached hydrogen (secondary N) is 1. The van der Waals surface area contributed by atoms with E-state index in [-0.39, 0.29) is 11.7 Å². The van der Waals surface area contributed by atoms with E-state index in [2.05, 4.69) is 5.32 Å². The Morgan fingerprint density at radius 2 is 1.88 bits per heavy atom. The molecule has 0 saturated carbocycles. The fourth-order valence-electron chi connectivity index (χ4n) is 3.22. The van der Waals surface area contributed by atoms with E-state index < -0.39 is 5.25 Å². The summed E-state index contributed by atoms with van der Waals surface area (Å²) in [4.78, 5) is 29.7. The van der Waals surface area contributed by atoms with Crippen molar-refractivity contribution in [1.82, 2.24) is 4.98 Å². The molecule has 1 atom stereocenters. The maximum absolute atomic E-state index is 13.3. The molecule has 1 amide bonds. The number of ether oxygens (including phenoxy) is 1. The number of ketones is 1. The molecule has 1 aromatic heterocycles. The first kappa shape index (κ1) is 22.0. The van der Waals surface area contributed by atoms with Gasteiger partial charge in [-0.25, -0.2) is 4.98 Å². The number of fused-ring (bicyclic) bond motifs is 1. The normalized spacial score (nSPS) is 11.8. The fraction of sp³-hybridized carbons (Fsp3) is 0.160. The Balaban J connectivity index is 1.61. The molecular formula is C25H22N2O3S2. The third kappa shape index (κ3) is 5.18. The van der Waals surface area contributed by atoms with Crippen molar-refractivity contribution >= 4 is 50.7 Å². The molecule has 4 aromatic rings. The molecule has 7 heteroatoms. The van der Waals surface area contributed by atoms with Crippen molar-refractivity contribution in [3.05, 3.63) is 83.9 Å². The van der Waals surface area contributed by atoms with Gasteiger partial charge in [-0.05, 0) is 49.7 Å². The third-order valence-electron chi connectivity index (χ3n) is 4.75. The van der Waals surface area contributed by atoms with Crippen LogP contribution >= 0.6 is 23.1 Å². The maximum atomic E-state index is 13.3. The summed E-state index contributed by atoms with van der Waals surface area (Å²) < 4.78 is 7.40. The number of anilines is 1. The largest absolute Gasteiger partial charge is 0.494 e. The predicted octanol–water partition coefficient (Wildman–Crippen LogP) is 6.37. The highest BCUT2D eigenvalue weighted by atomic mass is 32.2.